The molecular formula is C17H30OSi. The van der Waals surface area contributed by atoms with Gasteiger partial charge in [-0.3, -0.25) is 4.79 Å². The Kier molecular flexibility index (Phi) is 3.85. The van der Waals surface area contributed by atoms with Crippen LogP contribution >= 0.6 is 0 Å². The second kappa shape index (κ2) is 4.87. The molecule has 0 unspecified atom stereocenters. The predicted octanol–water partition coefficient (Wildman–Crippen LogP) is 5.06. The number of rotatable bonds is 2. The van der Waals surface area contributed by atoms with Crippen molar-refractivity contribution in [3.05, 3.63) is 11.6 Å². The molecule has 0 heterocycles. The summed E-state index contributed by atoms with van der Waals surface area (Å²) in [4.78, 5) is 11.8. The van der Waals surface area contributed by atoms with E-state index in [1.807, 2.05) is 6.08 Å². The smallest absolute Gasteiger partial charge is 0.155 e. The monoisotopic (exact) mass is 278 g/mol. The van der Waals surface area contributed by atoms with Crippen molar-refractivity contribution in [3.8, 4) is 0 Å². The molecule has 2 rings (SSSR count). The summed E-state index contributed by atoms with van der Waals surface area (Å²) in [6.07, 6.45) is 6.44. The second-order valence-electron chi connectivity index (χ2n) is 8.42. The molecule has 0 saturated heterocycles. The molecule has 1 nitrogen and oxygen atoms in total. The van der Waals surface area contributed by atoms with Gasteiger partial charge in [-0.25, -0.2) is 0 Å². The van der Waals surface area contributed by atoms with Crippen molar-refractivity contribution < 1.29 is 4.79 Å². The summed E-state index contributed by atoms with van der Waals surface area (Å²) < 4.78 is 0. The van der Waals surface area contributed by atoms with Gasteiger partial charge in [0, 0.05) is 14.5 Å². The number of hydrogen-bond acceptors (Lipinski definition) is 1. The molecule has 0 aromatic rings. The van der Waals surface area contributed by atoms with E-state index in [0.29, 0.717) is 11.2 Å². The molecule has 108 valence electrons. The molecule has 0 bridgehead atoms. The Morgan fingerprint density at radius 1 is 1.32 bits per heavy atom. The third kappa shape index (κ3) is 2.74. The van der Waals surface area contributed by atoms with Crippen LogP contribution in [-0.2, 0) is 4.79 Å². The summed E-state index contributed by atoms with van der Waals surface area (Å²) in [5, 5.41) is 0. The van der Waals surface area contributed by atoms with E-state index in [1.54, 1.807) is 0 Å². The molecule has 0 aromatic carbocycles. The lowest BCUT2D eigenvalue weighted by Crippen LogP contribution is -2.47. The zero-order valence-corrected chi connectivity index (χ0v) is 14.5. The Bertz CT molecular complexity index is 402. The first-order valence-corrected chi connectivity index (χ1v) is 11.5. The van der Waals surface area contributed by atoms with Gasteiger partial charge in [0.05, 0.1) is 0 Å². The van der Waals surface area contributed by atoms with Gasteiger partial charge in [0.15, 0.2) is 5.78 Å². The maximum absolute atomic E-state index is 11.8. The molecule has 19 heavy (non-hydrogen) atoms. The molecule has 1 fully saturated rings. The van der Waals surface area contributed by atoms with Crippen molar-refractivity contribution in [3.63, 3.8) is 0 Å². The number of carbonyl (C=O) groups is 1. The van der Waals surface area contributed by atoms with Crippen LogP contribution in [0.1, 0.15) is 46.5 Å². The van der Waals surface area contributed by atoms with Crippen molar-refractivity contribution in [2.75, 3.05) is 0 Å². The molecule has 0 radical (unpaired) electrons. The average molecular weight is 279 g/mol. The minimum atomic E-state index is -1.20. The summed E-state index contributed by atoms with van der Waals surface area (Å²) in [6.45, 7) is 14.7. The third-order valence-electron chi connectivity index (χ3n) is 5.74. The maximum Gasteiger partial charge on any atom is 0.155 e. The molecule has 1 saturated carbocycles. The fourth-order valence-corrected chi connectivity index (χ4v) is 7.66. The van der Waals surface area contributed by atoms with Crippen molar-refractivity contribution in [1.29, 1.82) is 0 Å². The minimum Gasteiger partial charge on any atom is -0.295 e. The van der Waals surface area contributed by atoms with Crippen LogP contribution in [0.4, 0.5) is 0 Å². The van der Waals surface area contributed by atoms with Gasteiger partial charge in [-0.15, -0.1) is 0 Å². The van der Waals surface area contributed by atoms with Gasteiger partial charge >= 0.3 is 0 Å². The lowest BCUT2D eigenvalue weighted by molar-refractivity contribution is -0.116. The van der Waals surface area contributed by atoms with Gasteiger partial charge in [0.1, 0.15) is 0 Å². The van der Waals surface area contributed by atoms with E-state index in [1.165, 1.54) is 18.4 Å². The molecule has 0 N–H and O–H groups in total. The Labute approximate surface area is 119 Å². The maximum atomic E-state index is 11.8. The number of carbonyl (C=O) groups excluding carboxylic acids is 1. The van der Waals surface area contributed by atoms with Crippen molar-refractivity contribution >= 4 is 13.9 Å². The Morgan fingerprint density at radius 3 is 2.47 bits per heavy atom. The number of allylic oxidation sites excluding steroid dienone is 2. The van der Waals surface area contributed by atoms with Crippen LogP contribution in [-0.4, -0.2) is 13.9 Å². The fraction of sp³-hybridized carbons (Fsp3) is 0.824. The summed E-state index contributed by atoms with van der Waals surface area (Å²) in [5.41, 5.74) is 2.64. The summed E-state index contributed by atoms with van der Waals surface area (Å²) in [6, 6.07) is 0. The van der Waals surface area contributed by atoms with Crippen molar-refractivity contribution in [2.24, 2.45) is 17.3 Å². The highest BCUT2D eigenvalue weighted by Gasteiger charge is 2.50. The SMILES string of the molecule is CC(C)[C@H]1CC2=CC(=O)CC[C@@]2(C)[C@H]([Si](C)(C)C)C1. The highest BCUT2D eigenvalue weighted by Crippen LogP contribution is 2.59. The molecule has 2 heteroatoms. The minimum absolute atomic E-state index is 0.323. The van der Waals surface area contributed by atoms with Gasteiger partial charge in [-0.05, 0) is 48.1 Å². The highest BCUT2D eigenvalue weighted by molar-refractivity contribution is 6.77. The van der Waals surface area contributed by atoms with E-state index < -0.39 is 8.07 Å². The topological polar surface area (TPSA) is 17.1 Å². The molecular weight excluding hydrogens is 248 g/mol. The van der Waals surface area contributed by atoms with Gasteiger partial charge in [0.25, 0.3) is 0 Å². The van der Waals surface area contributed by atoms with E-state index in [0.717, 1.165) is 30.2 Å². The van der Waals surface area contributed by atoms with Crippen LogP contribution in [0.5, 0.6) is 0 Å². The van der Waals surface area contributed by atoms with E-state index in [-0.39, 0.29) is 0 Å². The third-order valence-corrected chi connectivity index (χ3v) is 8.70. The van der Waals surface area contributed by atoms with Crippen LogP contribution in [0.2, 0.25) is 25.2 Å². The molecule has 0 aliphatic heterocycles. The quantitative estimate of drug-likeness (QED) is 0.645. The first-order valence-electron chi connectivity index (χ1n) is 7.88. The predicted molar refractivity (Wildman–Crippen MR) is 85.1 cm³/mol. The molecule has 2 aliphatic carbocycles. The van der Waals surface area contributed by atoms with Gasteiger partial charge in [-0.2, -0.15) is 0 Å². The van der Waals surface area contributed by atoms with E-state index >= 15 is 0 Å². The van der Waals surface area contributed by atoms with E-state index in [9.17, 15) is 4.79 Å². The number of ketones is 1. The molecule has 0 aromatic heterocycles. The van der Waals surface area contributed by atoms with Crippen LogP contribution in [0, 0.1) is 17.3 Å². The molecule has 2 aliphatic rings. The van der Waals surface area contributed by atoms with Crippen LogP contribution in [0.15, 0.2) is 11.6 Å². The van der Waals surface area contributed by atoms with E-state index in [2.05, 4.69) is 40.4 Å². The lowest BCUT2D eigenvalue weighted by atomic mass is 9.61. The van der Waals surface area contributed by atoms with Crippen molar-refractivity contribution in [1.82, 2.24) is 0 Å². The van der Waals surface area contributed by atoms with Crippen LogP contribution in [0.25, 0.3) is 0 Å². The molecule has 0 amide bonds. The molecule has 0 spiro atoms. The fourth-order valence-electron chi connectivity index (χ4n) is 4.41. The first-order chi connectivity index (χ1) is 8.64. The summed E-state index contributed by atoms with van der Waals surface area (Å²) >= 11 is 0. The van der Waals surface area contributed by atoms with Crippen LogP contribution in [0.3, 0.4) is 0 Å². The zero-order chi connectivity index (χ0) is 14.4. The normalized spacial score (nSPS) is 36.2. The van der Waals surface area contributed by atoms with Gasteiger partial charge < -0.3 is 0 Å². The van der Waals surface area contributed by atoms with Gasteiger partial charge in [-0.1, -0.05) is 46.0 Å². The Hall–Kier alpha value is -0.373. The zero-order valence-electron chi connectivity index (χ0n) is 13.5. The molecule has 3 atom stereocenters. The largest absolute Gasteiger partial charge is 0.295 e. The lowest BCUT2D eigenvalue weighted by Gasteiger charge is -2.53. The summed E-state index contributed by atoms with van der Waals surface area (Å²) in [5.74, 6) is 1.88. The second-order valence-corrected chi connectivity index (χ2v) is 13.8. The highest BCUT2D eigenvalue weighted by atomic mass is 28.3. The van der Waals surface area contributed by atoms with E-state index in [4.69, 9.17) is 0 Å². The standard InChI is InChI=1S/C17H30OSi/c1-12(2)13-9-14-11-15(18)7-8-17(14,3)16(10-13)19(4,5)6/h11-13,16H,7-10H2,1-6H3/t13-,16+,17+/m0/s1. The van der Waals surface area contributed by atoms with Crippen molar-refractivity contribution in [2.45, 2.75) is 71.6 Å². The summed E-state index contributed by atoms with van der Waals surface area (Å²) in [7, 11) is -1.20. The Balaban J connectivity index is 2.41. The number of fused-ring (bicyclic) bond motifs is 1. The Morgan fingerprint density at radius 2 is 1.95 bits per heavy atom. The van der Waals surface area contributed by atoms with Crippen LogP contribution < -0.4 is 0 Å². The average Bonchev–Trinajstić information content (AvgIpc) is 2.27. The number of hydrogen-bond donors (Lipinski definition) is 0. The first kappa shape index (κ1) is 15.0. The van der Waals surface area contributed by atoms with Gasteiger partial charge in [0.2, 0.25) is 0 Å².